The molecule has 0 aliphatic carbocycles. The number of unbranched alkanes of at least 4 members (excludes halogenated alkanes) is 1. The number of methoxy groups -OCH3 is 1. The predicted molar refractivity (Wildman–Crippen MR) is 80.4 cm³/mol. The summed E-state index contributed by atoms with van der Waals surface area (Å²) >= 11 is 1.94. The minimum Gasteiger partial charge on any atom is -0.385 e. The van der Waals surface area contributed by atoms with Crippen LogP contribution in [-0.4, -0.2) is 32.1 Å². The van der Waals surface area contributed by atoms with Crippen LogP contribution in [0.4, 0.5) is 0 Å². The number of hydrogen-bond donors (Lipinski definition) is 1. The number of hydrogen-bond acceptors (Lipinski definition) is 3. The maximum Gasteiger partial charge on any atom is 0.0462 e. The van der Waals surface area contributed by atoms with E-state index in [0.717, 1.165) is 25.3 Å². The molecule has 1 aromatic carbocycles. The van der Waals surface area contributed by atoms with Crippen molar-refractivity contribution in [2.24, 2.45) is 0 Å². The van der Waals surface area contributed by atoms with E-state index in [-0.39, 0.29) is 0 Å². The summed E-state index contributed by atoms with van der Waals surface area (Å²) in [6.45, 7) is 4.10. The number of ether oxygens (including phenoxy) is 1. The summed E-state index contributed by atoms with van der Waals surface area (Å²) in [5.74, 6) is 1.14. The minimum atomic E-state index is 0.608. The van der Waals surface area contributed by atoms with Crippen molar-refractivity contribution in [3.63, 3.8) is 0 Å². The van der Waals surface area contributed by atoms with E-state index >= 15 is 0 Å². The highest BCUT2D eigenvalue weighted by Crippen LogP contribution is 2.19. The van der Waals surface area contributed by atoms with E-state index in [2.05, 4.69) is 42.6 Å². The van der Waals surface area contributed by atoms with Gasteiger partial charge in [-0.15, -0.1) is 11.8 Å². The summed E-state index contributed by atoms with van der Waals surface area (Å²) in [4.78, 5) is 1.36. The van der Waals surface area contributed by atoms with Gasteiger partial charge in [-0.25, -0.2) is 0 Å². The van der Waals surface area contributed by atoms with Crippen molar-refractivity contribution in [3.05, 3.63) is 30.3 Å². The van der Waals surface area contributed by atoms with Gasteiger partial charge >= 0.3 is 0 Å². The molecular weight excluding hydrogens is 242 g/mol. The van der Waals surface area contributed by atoms with Crippen LogP contribution in [0.25, 0.3) is 0 Å². The molecule has 0 spiro atoms. The van der Waals surface area contributed by atoms with E-state index in [4.69, 9.17) is 4.74 Å². The van der Waals surface area contributed by atoms with Gasteiger partial charge in [0, 0.05) is 30.4 Å². The van der Waals surface area contributed by atoms with Crippen LogP contribution in [0.3, 0.4) is 0 Å². The Bertz CT molecular complexity index is 292. The molecule has 102 valence electrons. The molecule has 1 aromatic rings. The number of thioether (sulfide) groups is 1. The Morgan fingerprint density at radius 3 is 2.67 bits per heavy atom. The summed E-state index contributed by atoms with van der Waals surface area (Å²) in [6, 6.07) is 11.2. The first kappa shape index (κ1) is 15.5. The van der Waals surface area contributed by atoms with Gasteiger partial charge in [-0.3, -0.25) is 0 Å². The van der Waals surface area contributed by atoms with Gasteiger partial charge in [0.2, 0.25) is 0 Å². The minimum absolute atomic E-state index is 0.608. The van der Waals surface area contributed by atoms with E-state index < -0.39 is 0 Å². The smallest absolute Gasteiger partial charge is 0.0462 e. The molecule has 3 heteroatoms. The highest BCUT2D eigenvalue weighted by molar-refractivity contribution is 7.99. The number of benzene rings is 1. The first-order valence-corrected chi connectivity index (χ1v) is 7.75. The van der Waals surface area contributed by atoms with Gasteiger partial charge in [0.15, 0.2) is 0 Å². The molecule has 0 saturated heterocycles. The lowest BCUT2D eigenvalue weighted by Crippen LogP contribution is -2.31. The van der Waals surface area contributed by atoms with E-state index in [9.17, 15) is 0 Å². The lowest BCUT2D eigenvalue weighted by molar-refractivity contribution is 0.191. The second-order valence-corrected chi connectivity index (χ2v) is 5.46. The first-order chi connectivity index (χ1) is 8.86. The Hall–Kier alpha value is -0.510. The molecule has 1 rings (SSSR count). The van der Waals surface area contributed by atoms with Crippen molar-refractivity contribution in [2.75, 3.05) is 26.0 Å². The van der Waals surface area contributed by atoms with Crippen LogP contribution in [0.1, 0.15) is 26.2 Å². The zero-order valence-corrected chi connectivity index (χ0v) is 12.3. The molecule has 1 N–H and O–H groups in total. The van der Waals surface area contributed by atoms with Crippen LogP contribution in [0.15, 0.2) is 35.2 Å². The molecule has 0 saturated carbocycles. The average molecular weight is 267 g/mol. The standard InChI is InChI=1S/C15H25NOS/c1-3-16-14(9-7-8-12-17-2)13-18-15-10-5-4-6-11-15/h4-6,10-11,14,16H,3,7-9,12-13H2,1-2H3. The fourth-order valence-corrected chi connectivity index (χ4v) is 2.91. The van der Waals surface area contributed by atoms with Gasteiger partial charge in [-0.1, -0.05) is 25.1 Å². The van der Waals surface area contributed by atoms with E-state index in [1.165, 1.54) is 17.7 Å². The van der Waals surface area contributed by atoms with Gasteiger partial charge in [0.1, 0.15) is 0 Å². The number of rotatable bonds is 10. The van der Waals surface area contributed by atoms with Crippen molar-refractivity contribution >= 4 is 11.8 Å². The molecule has 1 unspecified atom stereocenters. The maximum absolute atomic E-state index is 5.09. The number of nitrogens with one attached hydrogen (secondary N) is 1. The summed E-state index contributed by atoms with van der Waals surface area (Å²) in [6.07, 6.45) is 3.63. The Kier molecular flexibility index (Phi) is 9.00. The molecule has 0 heterocycles. The summed E-state index contributed by atoms with van der Waals surface area (Å²) < 4.78 is 5.09. The molecule has 0 aromatic heterocycles. The van der Waals surface area contributed by atoms with Gasteiger partial charge in [-0.2, -0.15) is 0 Å². The maximum atomic E-state index is 5.09. The zero-order valence-electron chi connectivity index (χ0n) is 11.5. The van der Waals surface area contributed by atoms with Gasteiger partial charge in [0.05, 0.1) is 0 Å². The second kappa shape index (κ2) is 10.4. The lowest BCUT2D eigenvalue weighted by atomic mass is 10.1. The van der Waals surface area contributed by atoms with Crippen molar-refractivity contribution in [1.29, 1.82) is 0 Å². The zero-order chi connectivity index (χ0) is 13.1. The van der Waals surface area contributed by atoms with Crippen molar-refractivity contribution in [2.45, 2.75) is 37.1 Å². The molecule has 0 aliphatic rings. The first-order valence-electron chi connectivity index (χ1n) is 6.77. The van der Waals surface area contributed by atoms with Crippen LogP contribution in [-0.2, 0) is 4.74 Å². The summed E-state index contributed by atoms with van der Waals surface area (Å²) in [5.41, 5.74) is 0. The molecular formula is C15H25NOS. The van der Waals surface area contributed by atoms with Gasteiger partial charge in [0.25, 0.3) is 0 Å². The summed E-state index contributed by atoms with van der Waals surface area (Å²) in [7, 11) is 1.77. The third-order valence-corrected chi connectivity index (χ3v) is 4.01. The normalized spacial score (nSPS) is 12.6. The van der Waals surface area contributed by atoms with Crippen molar-refractivity contribution in [1.82, 2.24) is 5.32 Å². The quantitative estimate of drug-likeness (QED) is 0.517. The highest BCUT2D eigenvalue weighted by Gasteiger charge is 2.07. The third-order valence-electron chi connectivity index (χ3n) is 2.84. The van der Waals surface area contributed by atoms with Crippen LogP contribution in [0, 0.1) is 0 Å². The second-order valence-electron chi connectivity index (χ2n) is 4.37. The molecule has 0 amide bonds. The lowest BCUT2D eigenvalue weighted by Gasteiger charge is -2.17. The fraction of sp³-hybridized carbons (Fsp3) is 0.600. The van der Waals surface area contributed by atoms with Crippen molar-refractivity contribution < 1.29 is 4.74 Å². The molecule has 18 heavy (non-hydrogen) atoms. The van der Waals surface area contributed by atoms with E-state index in [1.54, 1.807) is 7.11 Å². The Labute approximate surface area is 116 Å². The third kappa shape index (κ3) is 7.04. The molecule has 0 fully saturated rings. The van der Waals surface area contributed by atoms with E-state index in [0.29, 0.717) is 6.04 Å². The molecule has 2 nitrogen and oxygen atoms in total. The molecule has 0 aliphatic heterocycles. The monoisotopic (exact) mass is 267 g/mol. The molecule has 0 radical (unpaired) electrons. The Balaban J connectivity index is 2.24. The SMILES string of the molecule is CCNC(CCCCOC)CSc1ccccc1. The van der Waals surface area contributed by atoms with Crippen LogP contribution in [0.5, 0.6) is 0 Å². The van der Waals surface area contributed by atoms with Gasteiger partial charge in [-0.05, 0) is 37.9 Å². The Morgan fingerprint density at radius 2 is 2.00 bits per heavy atom. The van der Waals surface area contributed by atoms with Crippen LogP contribution >= 0.6 is 11.8 Å². The average Bonchev–Trinajstić information content (AvgIpc) is 2.42. The van der Waals surface area contributed by atoms with Crippen LogP contribution < -0.4 is 5.32 Å². The fourth-order valence-electron chi connectivity index (χ4n) is 1.88. The Morgan fingerprint density at radius 1 is 1.22 bits per heavy atom. The predicted octanol–water partition coefficient (Wildman–Crippen LogP) is 3.57. The largest absolute Gasteiger partial charge is 0.385 e. The van der Waals surface area contributed by atoms with Gasteiger partial charge < -0.3 is 10.1 Å². The van der Waals surface area contributed by atoms with E-state index in [1.807, 2.05) is 11.8 Å². The molecule has 0 bridgehead atoms. The highest BCUT2D eigenvalue weighted by atomic mass is 32.2. The summed E-state index contributed by atoms with van der Waals surface area (Å²) in [5, 5.41) is 3.57. The van der Waals surface area contributed by atoms with Crippen molar-refractivity contribution in [3.8, 4) is 0 Å². The van der Waals surface area contributed by atoms with Crippen LogP contribution in [0.2, 0.25) is 0 Å². The molecule has 1 atom stereocenters. The topological polar surface area (TPSA) is 21.3 Å².